The number of rotatable bonds is 4. The maximum absolute atomic E-state index is 6.08. The maximum atomic E-state index is 6.08. The van der Waals surface area contributed by atoms with Gasteiger partial charge in [0.05, 0.1) is 0 Å². The van der Waals surface area contributed by atoms with Gasteiger partial charge in [-0.05, 0) is 6.42 Å². The van der Waals surface area contributed by atoms with E-state index in [1.165, 1.54) is 0 Å². The van der Waals surface area contributed by atoms with Gasteiger partial charge in [0, 0.05) is 6.54 Å². The molecule has 0 bridgehead atoms. The van der Waals surface area contributed by atoms with E-state index in [-0.39, 0.29) is 0 Å². The standard InChI is InChI=1S/C8H12Cl5N3/c1-2-3-4-16-5-14-15-6(16)7(9,10)8(11,12)13/h5-6,15H,2-4H2,1H3. The van der Waals surface area contributed by atoms with Crippen molar-refractivity contribution >= 4 is 64.3 Å². The molecule has 0 aromatic heterocycles. The highest BCUT2D eigenvalue weighted by Gasteiger charge is 2.54. The molecule has 1 rings (SSSR count). The monoisotopic (exact) mass is 325 g/mol. The third-order valence-corrected chi connectivity index (χ3v) is 4.68. The Balaban J connectivity index is 2.72. The number of hydrazone groups is 1. The number of nitrogens with one attached hydrogen (secondary N) is 1. The van der Waals surface area contributed by atoms with Crippen molar-refractivity contribution in [3.8, 4) is 0 Å². The summed E-state index contributed by atoms with van der Waals surface area (Å²) in [6.07, 6.45) is 3.09. The summed E-state index contributed by atoms with van der Waals surface area (Å²) in [5, 5.41) is 3.89. The summed E-state index contributed by atoms with van der Waals surface area (Å²) in [6, 6.07) is 0. The summed E-state index contributed by atoms with van der Waals surface area (Å²) in [7, 11) is 0. The van der Waals surface area contributed by atoms with E-state index >= 15 is 0 Å². The second-order valence-electron chi connectivity index (χ2n) is 3.49. The van der Waals surface area contributed by atoms with Crippen molar-refractivity contribution in [3.63, 3.8) is 0 Å². The topological polar surface area (TPSA) is 27.6 Å². The van der Waals surface area contributed by atoms with Crippen LogP contribution in [0.4, 0.5) is 0 Å². The Labute approximate surface area is 120 Å². The Morgan fingerprint density at radius 3 is 2.44 bits per heavy atom. The first-order valence-electron chi connectivity index (χ1n) is 4.79. The molecule has 1 atom stereocenters. The molecule has 94 valence electrons. The van der Waals surface area contributed by atoms with Gasteiger partial charge in [-0.2, -0.15) is 5.10 Å². The van der Waals surface area contributed by atoms with Crippen molar-refractivity contribution in [2.75, 3.05) is 6.54 Å². The van der Waals surface area contributed by atoms with Crippen LogP contribution >= 0.6 is 58.0 Å². The number of halogens is 5. The smallest absolute Gasteiger partial charge is 0.227 e. The summed E-state index contributed by atoms with van der Waals surface area (Å²) in [5.74, 6) is 0. The fourth-order valence-electron chi connectivity index (χ4n) is 1.29. The Morgan fingerprint density at radius 2 is 1.94 bits per heavy atom. The highest BCUT2D eigenvalue weighted by molar-refractivity contribution is 6.75. The largest absolute Gasteiger partial charge is 0.337 e. The molecule has 1 N–H and O–H groups in total. The lowest BCUT2D eigenvalue weighted by Gasteiger charge is -2.37. The summed E-state index contributed by atoms with van der Waals surface area (Å²) >= 11 is 29.4. The van der Waals surface area contributed by atoms with E-state index in [4.69, 9.17) is 58.0 Å². The molecule has 0 aliphatic carbocycles. The zero-order valence-corrected chi connectivity index (χ0v) is 12.3. The molecule has 1 aliphatic rings. The van der Waals surface area contributed by atoms with Gasteiger partial charge in [-0.3, -0.25) is 5.43 Å². The molecule has 1 heterocycles. The van der Waals surface area contributed by atoms with Crippen molar-refractivity contribution in [1.29, 1.82) is 0 Å². The molecule has 16 heavy (non-hydrogen) atoms. The van der Waals surface area contributed by atoms with E-state index in [2.05, 4.69) is 17.5 Å². The summed E-state index contributed by atoms with van der Waals surface area (Å²) in [5.41, 5.74) is 2.74. The van der Waals surface area contributed by atoms with Gasteiger partial charge in [0.15, 0.2) is 6.17 Å². The van der Waals surface area contributed by atoms with Crippen molar-refractivity contribution in [3.05, 3.63) is 0 Å². The number of alkyl halides is 5. The second-order valence-corrected chi connectivity index (χ2v) is 7.16. The van der Waals surface area contributed by atoms with Gasteiger partial charge in [0.25, 0.3) is 0 Å². The molecule has 0 radical (unpaired) electrons. The van der Waals surface area contributed by atoms with Crippen LogP contribution in [-0.2, 0) is 0 Å². The fraction of sp³-hybridized carbons (Fsp3) is 0.875. The lowest BCUT2D eigenvalue weighted by molar-refractivity contribution is 0.275. The van der Waals surface area contributed by atoms with Crippen LogP contribution < -0.4 is 5.43 Å². The molecule has 1 aliphatic heterocycles. The molecule has 0 fully saturated rings. The Morgan fingerprint density at radius 1 is 1.31 bits per heavy atom. The average molecular weight is 327 g/mol. The summed E-state index contributed by atoms with van der Waals surface area (Å²) in [6.45, 7) is 2.83. The molecule has 0 aromatic rings. The molecule has 3 nitrogen and oxygen atoms in total. The van der Waals surface area contributed by atoms with E-state index < -0.39 is 14.3 Å². The molecular formula is C8H12Cl5N3. The first-order valence-corrected chi connectivity index (χ1v) is 6.68. The van der Waals surface area contributed by atoms with Gasteiger partial charge >= 0.3 is 0 Å². The highest BCUT2D eigenvalue weighted by Crippen LogP contribution is 2.49. The predicted molar refractivity (Wildman–Crippen MR) is 71.8 cm³/mol. The van der Waals surface area contributed by atoms with Crippen molar-refractivity contribution in [2.24, 2.45) is 5.10 Å². The van der Waals surface area contributed by atoms with Crippen molar-refractivity contribution in [1.82, 2.24) is 10.3 Å². The van der Waals surface area contributed by atoms with E-state index in [9.17, 15) is 0 Å². The zero-order chi connectivity index (χ0) is 12.4. The number of nitrogens with zero attached hydrogens (tertiary/aromatic N) is 2. The SMILES string of the molecule is CCCCN1C=NNC1C(Cl)(Cl)C(Cl)(Cl)Cl. The minimum Gasteiger partial charge on any atom is -0.337 e. The molecule has 0 amide bonds. The molecule has 1 unspecified atom stereocenters. The van der Waals surface area contributed by atoms with Crippen LogP contribution in [0, 0.1) is 0 Å². The van der Waals surface area contributed by atoms with Gasteiger partial charge in [-0.15, -0.1) is 0 Å². The zero-order valence-electron chi connectivity index (χ0n) is 8.56. The Bertz CT molecular complexity index is 263. The van der Waals surface area contributed by atoms with E-state index in [1.807, 2.05) is 4.90 Å². The first kappa shape index (κ1) is 14.8. The third-order valence-electron chi connectivity index (χ3n) is 2.23. The molecule has 0 saturated heterocycles. The van der Waals surface area contributed by atoms with Crippen LogP contribution in [0.1, 0.15) is 19.8 Å². The van der Waals surface area contributed by atoms with E-state index in [0.29, 0.717) is 0 Å². The summed E-state index contributed by atoms with van der Waals surface area (Å²) < 4.78 is -3.38. The predicted octanol–water partition coefficient (Wildman–Crippen LogP) is 3.51. The van der Waals surface area contributed by atoms with Gasteiger partial charge in [-0.25, -0.2) is 0 Å². The van der Waals surface area contributed by atoms with Crippen LogP contribution in [0.25, 0.3) is 0 Å². The van der Waals surface area contributed by atoms with Gasteiger partial charge in [0.1, 0.15) is 6.34 Å². The van der Waals surface area contributed by atoms with E-state index in [1.54, 1.807) is 6.34 Å². The molecule has 8 heteroatoms. The lowest BCUT2D eigenvalue weighted by Crippen LogP contribution is -2.55. The van der Waals surface area contributed by atoms with Crippen molar-refractivity contribution in [2.45, 2.75) is 34.1 Å². The van der Waals surface area contributed by atoms with Gasteiger partial charge < -0.3 is 4.90 Å². The van der Waals surface area contributed by atoms with Crippen LogP contribution in [0.2, 0.25) is 0 Å². The third kappa shape index (κ3) is 3.14. The number of hydrogen-bond acceptors (Lipinski definition) is 3. The number of hydrogen-bond donors (Lipinski definition) is 1. The summed E-state index contributed by atoms with van der Waals surface area (Å²) in [4.78, 5) is 1.82. The lowest BCUT2D eigenvalue weighted by atomic mass is 10.2. The fourth-order valence-corrected chi connectivity index (χ4v) is 1.95. The van der Waals surface area contributed by atoms with Crippen LogP contribution in [0.15, 0.2) is 5.10 Å². The minimum absolute atomic E-state index is 0.546. The van der Waals surface area contributed by atoms with Crippen LogP contribution in [0.3, 0.4) is 0 Å². The van der Waals surface area contributed by atoms with Gasteiger partial charge in [0.2, 0.25) is 8.13 Å². The molecule has 0 spiro atoms. The second kappa shape index (κ2) is 5.57. The normalized spacial score (nSPS) is 21.4. The van der Waals surface area contributed by atoms with Crippen LogP contribution in [0.5, 0.6) is 0 Å². The van der Waals surface area contributed by atoms with Crippen LogP contribution in [-0.4, -0.2) is 32.1 Å². The average Bonchev–Trinajstić information content (AvgIpc) is 2.61. The van der Waals surface area contributed by atoms with E-state index in [0.717, 1.165) is 19.4 Å². The number of unbranched alkanes of at least 4 members (excludes halogenated alkanes) is 1. The minimum atomic E-state index is -1.80. The Kier molecular flexibility index (Phi) is 5.15. The quantitative estimate of drug-likeness (QED) is 0.800. The maximum Gasteiger partial charge on any atom is 0.227 e. The van der Waals surface area contributed by atoms with Gasteiger partial charge in [-0.1, -0.05) is 71.3 Å². The molecular weight excluding hydrogens is 315 g/mol. The van der Waals surface area contributed by atoms with Crippen molar-refractivity contribution < 1.29 is 0 Å². The molecule has 0 saturated carbocycles. The highest BCUT2D eigenvalue weighted by atomic mass is 35.6. The Hall–Kier alpha value is 0.720. The first-order chi connectivity index (χ1) is 7.30. The molecule has 0 aromatic carbocycles.